The van der Waals surface area contributed by atoms with E-state index in [9.17, 15) is 4.79 Å². The van der Waals surface area contributed by atoms with Crippen molar-refractivity contribution in [1.29, 1.82) is 0 Å². The van der Waals surface area contributed by atoms with Gasteiger partial charge in [0.2, 0.25) is 0 Å². The molecule has 0 aliphatic heterocycles. The van der Waals surface area contributed by atoms with Crippen molar-refractivity contribution in [2.24, 2.45) is 0 Å². The van der Waals surface area contributed by atoms with Gasteiger partial charge in [-0.05, 0) is 36.5 Å². The van der Waals surface area contributed by atoms with Crippen LogP contribution in [0.15, 0.2) is 60.7 Å². The highest BCUT2D eigenvalue weighted by molar-refractivity contribution is 6.03. The molecule has 3 aromatic rings. The second-order valence-electron chi connectivity index (χ2n) is 7.04. The number of anilines is 2. The number of para-hydroxylation sites is 1. The van der Waals surface area contributed by atoms with Crippen LogP contribution in [0.1, 0.15) is 47.2 Å². The molecule has 1 heterocycles. The van der Waals surface area contributed by atoms with E-state index >= 15 is 0 Å². The van der Waals surface area contributed by atoms with Gasteiger partial charge in [-0.2, -0.15) is 0 Å². The SMILES string of the molecule is Cc1nc(NCCc2ccccc2)cc(C(=O)Nc2ccccc2C(C)C)n1. The van der Waals surface area contributed by atoms with Gasteiger partial charge in [-0.25, -0.2) is 9.97 Å². The summed E-state index contributed by atoms with van der Waals surface area (Å²) in [5.41, 5.74) is 3.53. The number of benzene rings is 2. The van der Waals surface area contributed by atoms with Gasteiger partial charge in [0.15, 0.2) is 0 Å². The first kappa shape index (κ1) is 19.5. The van der Waals surface area contributed by atoms with E-state index in [0.717, 1.165) is 24.2 Å². The molecule has 2 aromatic carbocycles. The largest absolute Gasteiger partial charge is 0.370 e. The summed E-state index contributed by atoms with van der Waals surface area (Å²) in [5, 5.41) is 6.28. The van der Waals surface area contributed by atoms with E-state index in [-0.39, 0.29) is 5.91 Å². The van der Waals surface area contributed by atoms with Crippen LogP contribution >= 0.6 is 0 Å². The van der Waals surface area contributed by atoms with E-state index in [2.05, 4.69) is 46.6 Å². The fraction of sp³-hybridized carbons (Fsp3) is 0.261. The van der Waals surface area contributed by atoms with Crippen molar-refractivity contribution in [3.63, 3.8) is 0 Å². The fourth-order valence-corrected chi connectivity index (χ4v) is 3.05. The minimum atomic E-state index is -0.232. The van der Waals surface area contributed by atoms with Crippen molar-refractivity contribution in [2.75, 3.05) is 17.2 Å². The molecule has 5 nitrogen and oxygen atoms in total. The van der Waals surface area contributed by atoms with Crippen LogP contribution < -0.4 is 10.6 Å². The maximum atomic E-state index is 12.8. The molecule has 0 spiro atoms. The van der Waals surface area contributed by atoms with Crippen molar-refractivity contribution in [1.82, 2.24) is 9.97 Å². The number of amides is 1. The Kier molecular flexibility index (Phi) is 6.37. The van der Waals surface area contributed by atoms with E-state index in [4.69, 9.17) is 0 Å². The second kappa shape index (κ2) is 9.13. The monoisotopic (exact) mass is 374 g/mol. The molecule has 5 heteroatoms. The molecule has 2 N–H and O–H groups in total. The summed E-state index contributed by atoms with van der Waals surface area (Å²) < 4.78 is 0. The van der Waals surface area contributed by atoms with Gasteiger partial charge in [-0.15, -0.1) is 0 Å². The molecule has 144 valence electrons. The molecule has 0 radical (unpaired) electrons. The van der Waals surface area contributed by atoms with Crippen LogP contribution in [0, 0.1) is 6.92 Å². The van der Waals surface area contributed by atoms with Crippen LogP contribution in [0.3, 0.4) is 0 Å². The molecule has 0 atom stereocenters. The highest BCUT2D eigenvalue weighted by Gasteiger charge is 2.14. The molecule has 1 amide bonds. The number of hydrogen-bond donors (Lipinski definition) is 2. The third kappa shape index (κ3) is 5.16. The highest BCUT2D eigenvalue weighted by atomic mass is 16.1. The molecule has 0 saturated carbocycles. The van der Waals surface area contributed by atoms with Crippen LogP contribution in [0.5, 0.6) is 0 Å². The predicted octanol–water partition coefficient (Wildman–Crippen LogP) is 4.82. The van der Waals surface area contributed by atoms with Crippen LogP contribution in [-0.4, -0.2) is 22.4 Å². The zero-order chi connectivity index (χ0) is 19.9. The summed E-state index contributed by atoms with van der Waals surface area (Å²) in [4.78, 5) is 21.5. The van der Waals surface area contributed by atoms with Crippen molar-refractivity contribution in [2.45, 2.75) is 33.1 Å². The lowest BCUT2D eigenvalue weighted by atomic mass is 10.0. The quantitative estimate of drug-likeness (QED) is 0.622. The summed E-state index contributed by atoms with van der Waals surface area (Å²) in [5.74, 6) is 1.31. The Bertz CT molecular complexity index is 938. The first-order valence-corrected chi connectivity index (χ1v) is 9.56. The molecular weight excluding hydrogens is 348 g/mol. The zero-order valence-electron chi connectivity index (χ0n) is 16.6. The summed E-state index contributed by atoms with van der Waals surface area (Å²) in [6.07, 6.45) is 0.882. The lowest BCUT2D eigenvalue weighted by Crippen LogP contribution is -2.17. The molecule has 0 aliphatic carbocycles. The first-order chi connectivity index (χ1) is 13.5. The second-order valence-corrected chi connectivity index (χ2v) is 7.04. The molecule has 0 fully saturated rings. The Morgan fingerprint density at radius 1 is 1.00 bits per heavy atom. The molecular formula is C23H26N4O. The number of nitrogens with one attached hydrogen (secondary N) is 2. The van der Waals surface area contributed by atoms with Gasteiger partial charge in [0.25, 0.3) is 5.91 Å². The average Bonchev–Trinajstić information content (AvgIpc) is 2.68. The number of aromatic nitrogens is 2. The minimum Gasteiger partial charge on any atom is -0.370 e. The Labute approximate surface area is 166 Å². The fourth-order valence-electron chi connectivity index (χ4n) is 3.05. The zero-order valence-corrected chi connectivity index (χ0v) is 16.6. The number of hydrogen-bond acceptors (Lipinski definition) is 4. The molecule has 0 aliphatic rings. The lowest BCUT2D eigenvalue weighted by Gasteiger charge is -2.14. The van der Waals surface area contributed by atoms with E-state index in [0.29, 0.717) is 23.3 Å². The van der Waals surface area contributed by atoms with Gasteiger partial charge in [0, 0.05) is 18.3 Å². The van der Waals surface area contributed by atoms with Crippen molar-refractivity contribution in [3.05, 3.63) is 83.3 Å². The van der Waals surface area contributed by atoms with Crippen molar-refractivity contribution < 1.29 is 4.79 Å². The Hall–Kier alpha value is -3.21. The first-order valence-electron chi connectivity index (χ1n) is 9.56. The Morgan fingerprint density at radius 2 is 1.71 bits per heavy atom. The summed E-state index contributed by atoms with van der Waals surface area (Å²) in [6.45, 7) is 6.74. The van der Waals surface area contributed by atoms with Gasteiger partial charge in [0.1, 0.15) is 17.3 Å². The third-order valence-electron chi connectivity index (χ3n) is 4.46. The van der Waals surface area contributed by atoms with Gasteiger partial charge >= 0.3 is 0 Å². The van der Waals surface area contributed by atoms with Crippen molar-refractivity contribution in [3.8, 4) is 0 Å². The lowest BCUT2D eigenvalue weighted by molar-refractivity contribution is 0.102. The molecule has 0 bridgehead atoms. The van der Waals surface area contributed by atoms with E-state index in [1.165, 1.54) is 5.56 Å². The predicted molar refractivity (Wildman–Crippen MR) is 114 cm³/mol. The molecule has 1 aromatic heterocycles. The highest BCUT2D eigenvalue weighted by Crippen LogP contribution is 2.24. The third-order valence-corrected chi connectivity index (χ3v) is 4.46. The van der Waals surface area contributed by atoms with Gasteiger partial charge in [0.05, 0.1) is 0 Å². The maximum Gasteiger partial charge on any atom is 0.274 e. The van der Waals surface area contributed by atoms with Crippen LogP contribution in [0.25, 0.3) is 0 Å². The molecule has 0 saturated heterocycles. The Balaban J connectivity index is 1.69. The number of nitrogens with zero attached hydrogens (tertiary/aromatic N) is 2. The number of carbonyl (C=O) groups excluding carboxylic acids is 1. The topological polar surface area (TPSA) is 66.9 Å². The molecule has 3 rings (SSSR count). The summed E-state index contributed by atoms with van der Waals surface area (Å²) in [6, 6.07) is 19.8. The van der Waals surface area contributed by atoms with E-state index in [1.54, 1.807) is 13.0 Å². The van der Waals surface area contributed by atoms with E-state index < -0.39 is 0 Å². The molecule has 0 unspecified atom stereocenters. The number of carbonyl (C=O) groups is 1. The smallest absolute Gasteiger partial charge is 0.274 e. The van der Waals surface area contributed by atoms with E-state index in [1.807, 2.05) is 42.5 Å². The van der Waals surface area contributed by atoms with Crippen molar-refractivity contribution >= 4 is 17.4 Å². The normalized spacial score (nSPS) is 10.7. The Morgan fingerprint density at radius 3 is 2.46 bits per heavy atom. The maximum absolute atomic E-state index is 12.8. The minimum absolute atomic E-state index is 0.232. The average molecular weight is 374 g/mol. The standard InChI is InChI=1S/C23H26N4O/c1-16(2)19-11-7-8-12-20(19)27-23(28)21-15-22(26-17(3)25-21)24-14-13-18-9-5-4-6-10-18/h4-12,15-16H,13-14H2,1-3H3,(H,27,28)(H,24,25,26). The number of aryl methyl sites for hydroxylation is 1. The summed E-state index contributed by atoms with van der Waals surface area (Å²) in [7, 11) is 0. The van der Waals surface area contributed by atoms with Crippen LogP contribution in [-0.2, 0) is 6.42 Å². The van der Waals surface area contributed by atoms with Gasteiger partial charge in [-0.3, -0.25) is 4.79 Å². The van der Waals surface area contributed by atoms with Crippen LogP contribution in [0.4, 0.5) is 11.5 Å². The van der Waals surface area contributed by atoms with Gasteiger partial charge in [-0.1, -0.05) is 62.4 Å². The molecule has 28 heavy (non-hydrogen) atoms. The van der Waals surface area contributed by atoms with Gasteiger partial charge < -0.3 is 10.6 Å². The number of rotatable bonds is 7. The van der Waals surface area contributed by atoms with Crippen LogP contribution in [0.2, 0.25) is 0 Å². The summed E-state index contributed by atoms with van der Waals surface area (Å²) >= 11 is 0.